The molecule has 5 heteroatoms. The third kappa shape index (κ3) is 4.37. The lowest BCUT2D eigenvalue weighted by atomic mass is 10.1. The molecule has 1 aromatic carbocycles. The third-order valence-corrected chi connectivity index (χ3v) is 4.63. The molecular weight excluding hydrogens is 302 g/mol. The van der Waals surface area contributed by atoms with Gasteiger partial charge in [-0.2, -0.15) is 0 Å². The average Bonchev–Trinajstić information content (AvgIpc) is 2.89. The van der Waals surface area contributed by atoms with Crippen molar-refractivity contribution in [3.05, 3.63) is 35.9 Å². The van der Waals surface area contributed by atoms with Crippen LogP contribution in [0.3, 0.4) is 0 Å². The smallest absolute Gasteiger partial charge is 0.247 e. The molecule has 2 aliphatic rings. The molecule has 2 heterocycles. The molecule has 0 bridgehead atoms. The SMILES string of the molecule is O=C1CN(C(=O)C=Cc2ccc(N3CCCCCC3)cc2)CCN1. The predicted octanol–water partition coefficient (Wildman–Crippen LogP) is 2.04. The van der Waals surface area contributed by atoms with Crippen LogP contribution in [0.4, 0.5) is 5.69 Å². The highest BCUT2D eigenvalue weighted by atomic mass is 16.2. The van der Waals surface area contributed by atoms with Gasteiger partial charge in [0.05, 0.1) is 6.54 Å². The summed E-state index contributed by atoms with van der Waals surface area (Å²) >= 11 is 0. The van der Waals surface area contributed by atoms with E-state index in [0.717, 1.165) is 18.7 Å². The van der Waals surface area contributed by atoms with E-state index in [1.54, 1.807) is 11.0 Å². The molecule has 0 saturated carbocycles. The van der Waals surface area contributed by atoms with Crippen molar-refractivity contribution in [1.82, 2.24) is 10.2 Å². The Kier molecular flexibility index (Phi) is 5.51. The molecule has 0 atom stereocenters. The second-order valence-electron chi connectivity index (χ2n) is 6.44. The van der Waals surface area contributed by atoms with E-state index in [9.17, 15) is 9.59 Å². The molecule has 2 saturated heterocycles. The van der Waals surface area contributed by atoms with Gasteiger partial charge in [-0.25, -0.2) is 0 Å². The first-order valence-electron chi connectivity index (χ1n) is 8.81. The molecular formula is C19H25N3O2. The lowest BCUT2D eigenvalue weighted by molar-refractivity contribution is -0.134. The summed E-state index contributed by atoms with van der Waals surface area (Å²) in [5.41, 5.74) is 2.26. The fourth-order valence-corrected chi connectivity index (χ4v) is 3.22. The molecule has 2 aliphatic heterocycles. The van der Waals surface area contributed by atoms with Crippen molar-refractivity contribution < 1.29 is 9.59 Å². The van der Waals surface area contributed by atoms with Crippen molar-refractivity contribution in [1.29, 1.82) is 0 Å². The molecule has 0 aliphatic carbocycles. The normalized spacial score (nSPS) is 19.2. The minimum absolute atomic E-state index is 0.0928. The standard InChI is InChI=1S/C19H25N3O2/c23-18-15-22(14-11-20-18)19(24)10-7-16-5-8-17(9-6-16)21-12-3-1-2-4-13-21/h5-10H,1-4,11-15H2,(H,20,23). The number of carbonyl (C=O) groups is 2. The van der Waals surface area contributed by atoms with E-state index in [1.165, 1.54) is 31.4 Å². The molecule has 0 radical (unpaired) electrons. The minimum Gasteiger partial charge on any atom is -0.372 e. The first-order valence-corrected chi connectivity index (χ1v) is 8.81. The molecule has 1 N–H and O–H groups in total. The highest BCUT2D eigenvalue weighted by Gasteiger charge is 2.18. The van der Waals surface area contributed by atoms with Gasteiger partial charge in [0.2, 0.25) is 11.8 Å². The van der Waals surface area contributed by atoms with Gasteiger partial charge in [0.25, 0.3) is 0 Å². The molecule has 128 valence electrons. The number of nitrogens with zero attached hydrogens (tertiary/aromatic N) is 2. The Labute approximate surface area is 143 Å². The number of rotatable bonds is 3. The van der Waals surface area contributed by atoms with E-state index in [4.69, 9.17) is 0 Å². The Morgan fingerprint density at radius 1 is 1.00 bits per heavy atom. The number of amides is 2. The van der Waals surface area contributed by atoms with Gasteiger partial charge >= 0.3 is 0 Å². The first-order chi connectivity index (χ1) is 11.7. The van der Waals surface area contributed by atoms with E-state index < -0.39 is 0 Å². The highest BCUT2D eigenvalue weighted by molar-refractivity contribution is 5.95. The van der Waals surface area contributed by atoms with Crippen LogP contribution in [0.25, 0.3) is 6.08 Å². The minimum atomic E-state index is -0.110. The number of nitrogens with one attached hydrogen (secondary N) is 1. The van der Waals surface area contributed by atoms with Crippen LogP contribution in [0.5, 0.6) is 0 Å². The van der Waals surface area contributed by atoms with Gasteiger partial charge < -0.3 is 15.1 Å². The maximum atomic E-state index is 12.1. The van der Waals surface area contributed by atoms with Crippen LogP contribution in [0, 0.1) is 0 Å². The predicted molar refractivity (Wildman–Crippen MR) is 95.7 cm³/mol. The summed E-state index contributed by atoms with van der Waals surface area (Å²) < 4.78 is 0. The molecule has 5 nitrogen and oxygen atoms in total. The second-order valence-corrected chi connectivity index (χ2v) is 6.44. The number of benzene rings is 1. The van der Waals surface area contributed by atoms with Crippen molar-refractivity contribution in [2.45, 2.75) is 25.7 Å². The van der Waals surface area contributed by atoms with Crippen LogP contribution in [0.1, 0.15) is 31.2 Å². The van der Waals surface area contributed by atoms with Crippen LogP contribution >= 0.6 is 0 Å². The molecule has 0 unspecified atom stereocenters. The van der Waals surface area contributed by atoms with E-state index >= 15 is 0 Å². The second kappa shape index (κ2) is 7.99. The fraction of sp³-hybridized carbons (Fsp3) is 0.474. The van der Waals surface area contributed by atoms with Crippen molar-refractivity contribution >= 4 is 23.6 Å². The molecule has 0 aromatic heterocycles. The summed E-state index contributed by atoms with van der Waals surface area (Å²) in [5.74, 6) is -0.203. The molecule has 2 amide bonds. The van der Waals surface area contributed by atoms with Crippen molar-refractivity contribution in [2.75, 3.05) is 37.6 Å². The van der Waals surface area contributed by atoms with Crippen molar-refractivity contribution in [3.63, 3.8) is 0 Å². The zero-order valence-corrected chi connectivity index (χ0v) is 14.0. The average molecular weight is 327 g/mol. The van der Waals surface area contributed by atoms with Gasteiger partial charge in [-0.15, -0.1) is 0 Å². The summed E-state index contributed by atoms with van der Waals surface area (Å²) in [6, 6.07) is 8.35. The zero-order chi connectivity index (χ0) is 16.8. The van der Waals surface area contributed by atoms with Crippen LogP contribution in [-0.4, -0.2) is 49.4 Å². The largest absolute Gasteiger partial charge is 0.372 e. The van der Waals surface area contributed by atoms with Gasteiger partial charge in [0.15, 0.2) is 0 Å². The van der Waals surface area contributed by atoms with Crippen molar-refractivity contribution in [2.24, 2.45) is 0 Å². The zero-order valence-electron chi connectivity index (χ0n) is 14.0. The Morgan fingerprint density at radius 3 is 2.38 bits per heavy atom. The molecule has 0 spiro atoms. The number of carbonyl (C=O) groups excluding carboxylic acids is 2. The summed E-state index contributed by atoms with van der Waals surface area (Å²) in [6.45, 7) is 3.51. The van der Waals surface area contributed by atoms with Gasteiger partial charge in [0.1, 0.15) is 0 Å². The Morgan fingerprint density at radius 2 is 1.71 bits per heavy atom. The van der Waals surface area contributed by atoms with E-state index in [2.05, 4.69) is 22.3 Å². The lowest BCUT2D eigenvalue weighted by Gasteiger charge is -2.25. The maximum absolute atomic E-state index is 12.1. The topological polar surface area (TPSA) is 52.7 Å². The molecule has 24 heavy (non-hydrogen) atoms. The third-order valence-electron chi connectivity index (χ3n) is 4.63. The van der Waals surface area contributed by atoms with Crippen LogP contribution in [0.2, 0.25) is 0 Å². The van der Waals surface area contributed by atoms with E-state index in [-0.39, 0.29) is 18.4 Å². The monoisotopic (exact) mass is 327 g/mol. The van der Waals surface area contributed by atoms with Crippen molar-refractivity contribution in [3.8, 4) is 0 Å². The lowest BCUT2D eigenvalue weighted by Crippen LogP contribution is -2.49. The molecule has 2 fully saturated rings. The van der Waals surface area contributed by atoms with E-state index in [1.807, 2.05) is 18.2 Å². The Balaban J connectivity index is 1.58. The van der Waals surface area contributed by atoms with Gasteiger partial charge in [-0.05, 0) is 36.6 Å². The van der Waals surface area contributed by atoms with Crippen LogP contribution < -0.4 is 10.2 Å². The summed E-state index contributed by atoms with van der Waals surface area (Å²) in [5, 5.41) is 2.72. The number of hydrogen-bond donors (Lipinski definition) is 1. The number of piperazine rings is 1. The quantitative estimate of drug-likeness (QED) is 0.865. The number of hydrogen-bond acceptors (Lipinski definition) is 3. The Bertz CT molecular complexity index is 602. The van der Waals surface area contributed by atoms with Gasteiger partial charge in [0, 0.05) is 37.9 Å². The summed E-state index contributed by atoms with van der Waals surface area (Å²) in [6.07, 6.45) is 8.56. The number of anilines is 1. The maximum Gasteiger partial charge on any atom is 0.247 e. The first kappa shape index (κ1) is 16.6. The summed E-state index contributed by atoms with van der Waals surface area (Å²) in [4.78, 5) is 27.5. The molecule has 3 rings (SSSR count). The van der Waals surface area contributed by atoms with Gasteiger partial charge in [-0.1, -0.05) is 25.0 Å². The van der Waals surface area contributed by atoms with Gasteiger partial charge in [-0.3, -0.25) is 9.59 Å². The Hall–Kier alpha value is -2.30. The fourth-order valence-electron chi connectivity index (χ4n) is 3.22. The van der Waals surface area contributed by atoms with E-state index in [0.29, 0.717) is 13.1 Å². The summed E-state index contributed by atoms with van der Waals surface area (Å²) in [7, 11) is 0. The molecule has 1 aromatic rings. The van der Waals surface area contributed by atoms with Crippen LogP contribution in [-0.2, 0) is 9.59 Å². The van der Waals surface area contributed by atoms with Crippen LogP contribution in [0.15, 0.2) is 30.3 Å². The highest BCUT2D eigenvalue weighted by Crippen LogP contribution is 2.20.